The Kier molecular flexibility index (Phi) is 6.90. The second-order valence-electron chi connectivity index (χ2n) is 5.37. The summed E-state index contributed by atoms with van der Waals surface area (Å²) in [6.07, 6.45) is 1.79. The van der Waals surface area contributed by atoms with Gasteiger partial charge in [-0.2, -0.15) is 0 Å². The molecule has 0 aliphatic rings. The van der Waals surface area contributed by atoms with Crippen LogP contribution in [0.4, 0.5) is 0 Å². The number of carbonyl (C=O) groups is 1. The van der Waals surface area contributed by atoms with E-state index >= 15 is 0 Å². The zero-order valence-electron chi connectivity index (χ0n) is 14.3. The van der Waals surface area contributed by atoms with E-state index in [4.69, 9.17) is 9.47 Å². The van der Waals surface area contributed by atoms with Gasteiger partial charge in [0.15, 0.2) is 17.3 Å². The van der Waals surface area contributed by atoms with Crippen LogP contribution in [0.2, 0.25) is 0 Å². The second kappa shape index (κ2) is 8.42. The van der Waals surface area contributed by atoms with Crippen molar-refractivity contribution in [2.24, 2.45) is 0 Å². The fourth-order valence-corrected chi connectivity index (χ4v) is 1.91. The first kappa shape index (κ1) is 18.0. The van der Waals surface area contributed by atoms with Crippen LogP contribution in [0.25, 0.3) is 0 Å². The van der Waals surface area contributed by atoms with Crippen LogP contribution in [-0.4, -0.2) is 12.4 Å². The molecule has 22 heavy (non-hydrogen) atoms. The molecular formula is C19H26O3. The average Bonchev–Trinajstić information content (AvgIpc) is 2.49. The molecule has 1 rings (SSSR count). The number of benzene rings is 1. The summed E-state index contributed by atoms with van der Waals surface area (Å²) < 4.78 is 11.7. The standard InChI is InChI=1S/C19H26O3/c1-7-11-21-19(13(3)8-2)16(6)22-18-12-17(15(5)20)10-9-14(18)4/h9-10,12H,6-8,11H2,1-5H3/b19-13+. The summed E-state index contributed by atoms with van der Waals surface area (Å²) in [5, 5.41) is 0. The molecule has 1 aromatic rings. The highest BCUT2D eigenvalue weighted by Gasteiger charge is 2.13. The van der Waals surface area contributed by atoms with Crippen molar-refractivity contribution in [3.8, 4) is 5.75 Å². The Bertz CT molecular complexity index is 582. The summed E-state index contributed by atoms with van der Waals surface area (Å²) in [6, 6.07) is 5.43. The van der Waals surface area contributed by atoms with Crippen molar-refractivity contribution in [2.45, 2.75) is 47.5 Å². The van der Waals surface area contributed by atoms with Gasteiger partial charge < -0.3 is 9.47 Å². The molecule has 0 unspecified atom stereocenters. The SMILES string of the molecule is C=C(Oc1cc(C(C)=O)ccc1C)/C(OCCC)=C(/C)CC. The van der Waals surface area contributed by atoms with E-state index in [0.29, 0.717) is 29.4 Å². The van der Waals surface area contributed by atoms with E-state index in [9.17, 15) is 4.79 Å². The highest BCUT2D eigenvalue weighted by Crippen LogP contribution is 2.26. The van der Waals surface area contributed by atoms with E-state index in [0.717, 1.165) is 24.0 Å². The van der Waals surface area contributed by atoms with Gasteiger partial charge in [-0.1, -0.05) is 32.6 Å². The first-order valence-electron chi connectivity index (χ1n) is 7.71. The molecule has 0 saturated heterocycles. The molecule has 0 N–H and O–H groups in total. The number of Topliss-reactive ketones (excluding diaryl/α,β-unsaturated/α-hetero) is 1. The van der Waals surface area contributed by atoms with Crippen LogP contribution < -0.4 is 4.74 Å². The third-order valence-corrected chi connectivity index (χ3v) is 3.45. The van der Waals surface area contributed by atoms with Gasteiger partial charge in [-0.25, -0.2) is 0 Å². The van der Waals surface area contributed by atoms with Crippen molar-refractivity contribution in [3.05, 3.63) is 53.0 Å². The summed E-state index contributed by atoms with van der Waals surface area (Å²) in [6.45, 7) is 14.2. The largest absolute Gasteiger partial charge is 0.490 e. The number of hydrogen-bond acceptors (Lipinski definition) is 3. The van der Waals surface area contributed by atoms with Gasteiger partial charge in [-0.15, -0.1) is 0 Å². The molecule has 0 spiro atoms. The predicted octanol–water partition coefficient (Wildman–Crippen LogP) is 5.20. The molecule has 0 aromatic heterocycles. The van der Waals surface area contributed by atoms with Gasteiger partial charge in [0.05, 0.1) is 6.61 Å². The summed E-state index contributed by atoms with van der Waals surface area (Å²) in [5.41, 5.74) is 2.68. The third-order valence-electron chi connectivity index (χ3n) is 3.45. The molecule has 3 heteroatoms. The molecule has 0 radical (unpaired) electrons. The van der Waals surface area contributed by atoms with Gasteiger partial charge in [0.2, 0.25) is 0 Å². The smallest absolute Gasteiger partial charge is 0.162 e. The third kappa shape index (κ3) is 4.76. The zero-order chi connectivity index (χ0) is 16.7. The van der Waals surface area contributed by atoms with Crippen molar-refractivity contribution < 1.29 is 14.3 Å². The lowest BCUT2D eigenvalue weighted by molar-refractivity contribution is 0.101. The molecular weight excluding hydrogens is 276 g/mol. The molecule has 0 fully saturated rings. The van der Waals surface area contributed by atoms with Crippen molar-refractivity contribution >= 4 is 5.78 Å². The van der Waals surface area contributed by atoms with Crippen LogP contribution in [0.5, 0.6) is 5.75 Å². The number of allylic oxidation sites excluding steroid dienone is 1. The minimum absolute atomic E-state index is 0.0122. The lowest BCUT2D eigenvalue weighted by Gasteiger charge is -2.17. The number of ether oxygens (including phenoxy) is 2. The zero-order valence-corrected chi connectivity index (χ0v) is 14.3. The Hall–Kier alpha value is -2.03. The average molecular weight is 302 g/mol. The first-order valence-corrected chi connectivity index (χ1v) is 7.71. The Morgan fingerprint density at radius 3 is 2.45 bits per heavy atom. The summed E-state index contributed by atoms with van der Waals surface area (Å²) in [4.78, 5) is 11.5. The van der Waals surface area contributed by atoms with E-state index in [2.05, 4.69) is 20.4 Å². The van der Waals surface area contributed by atoms with E-state index in [-0.39, 0.29) is 5.78 Å². The number of ketones is 1. The number of hydrogen-bond donors (Lipinski definition) is 0. The maximum absolute atomic E-state index is 11.5. The highest BCUT2D eigenvalue weighted by molar-refractivity contribution is 5.94. The van der Waals surface area contributed by atoms with Crippen LogP contribution in [0, 0.1) is 6.92 Å². The van der Waals surface area contributed by atoms with Gasteiger partial charge in [-0.05, 0) is 50.8 Å². The molecule has 0 amide bonds. The fraction of sp³-hybridized carbons (Fsp3) is 0.421. The van der Waals surface area contributed by atoms with Crippen molar-refractivity contribution in [3.63, 3.8) is 0 Å². The van der Waals surface area contributed by atoms with Crippen LogP contribution in [-0.2, 0) is 4.74 Å². The van der Waals surface area contributed by atoms with Crippen LogP contribution >= 0.6 is 0 Å². The van der Waals surface area contributed by atoms with Crippen LogP contribution in [0.15, 0.2) is 41.9 Å². The van der Waals surface area contributed by atoms with Crippen molar-refractivity contribution in [2.75, 3.05) is 6.61 Å². The lowest BCUT2D eigenvalue weighted by Crippen LogP contribution is -2.06. The molecule has 0 saturated carbocycles. The lowest BCUT2D eigenvalue weighted by atomic mass is 10.1. The maximum atomic E-state index is 11.5. The fourth-order valence-electron chi connectivity index (χ4n) is 1.91. The molecule has 0 bridgehead atoms. The molecule has 1 aromatic carbocycles. The van der Waals surface area contributed by atoms with Gasteiger partial charge >= 0.3 is 0 Å². The normalized spacial score (nSPS) is 11.7. The Balaban J connectivity index is 3.03. The van der Waals surface area contributed by atoms with Gasteiger partial charge in [0.1, 0.15) is 5.75 Å². The van der Waals surface area contributed by atoms with E-state index in [1.807, 2.05) is 19.9 Å². The topological polar surface area (TPSA) is 35.5 Å². The minimum atomic E-state index is 0.0122. The summed E-state index contributed by atoms with van der Waals surface area (Å²) in [5.74, 6) is 1.84. The highest BCUT2D eigenvalue weighted by atomic mass is 16.5. The van der Waals surface area contributed by atoms with Crippen LogP contribution in [0.3, 0.4) is 0 Å². The first-order chi connectivity index (χ1) is 10.4. The van der Waals surface area contributed by atoms with Gasteiger partial charge in [0.25, 0.3) is 0 Å². The Morgan fingerprint density at radius 1 is 1.23 bits per heavy atom. The molecule has 0 atom stereocenters. The van der Waals surface area contributed by atoms with E-state index in [1.54, 1.807) is 19.1 Å². The molecule has 120 valence electrons. The second-order valence-corrected chi connectivity index (χ2v) is 5.37. The summed E-state index contributed by atoms with van der Waals surface area (Å²) >= 11 is 0. The summed E-state index contributed by atoms with van der Waals surface area (Å²) in [7, 11) is 0. The van der Waals surface area contributed by atoms with E-state index in [1.165, 1.54) is 0 Å². The van der Waals surface area contributed by atoms with Crippen LogP contribution in [0.1, 0.15) is 56.5 Å². The Morgan fingerprint density at radius 2 is 1.91 bits per heavy atom. The number of rotatable bonds is 8. The van der Waals surface area contributed by atoms with Gasteiger partial charge in [-0.3, -0.25) is 4.79 Å². The quantitative estimate of drug-likeness (QED) is 0.376. The molecule has 0 aliphatic carbocycles. The number of carbonyl (C=O) groups excluding carboxylic acids is 1. The van der Waals surface area contributed by atoms with Crippen molar-refractivity contribution in [1.82, 2.24) is 0 Å². The predicted molar refractivity (Wildman–Crippen MR) is 90.2 cm³/mol. The van der Waals surface area contributed by atoms with Gasteiger partial charge in [0, 0.05) is 5.56 Å². The maximum Gasteiger partial charge on any atom is 0.162 e. The molecule has 0 heterocycles. The monoisotopic (exact) mass is 302 g/mol. The minimum Gasteiger partial charge on any atom is -0.490 e. The molecule has 3 nitrogen and oxygen atoms in total. The van der Waals surface area contributed by atoms with E-state index < -0.39 is 0 Å². The number of aryl methyl sites for hydroxylation is 1. The van der Waals surface area contributed by atoms with Crippen molar-refractivity contribution in [1.29, 1.82) is 0 Å². The molecule has 0 aliphatic heterocycles. The Labute approximate surface area is 133 Å².